The fraction of sp³-hybridized carbons (Fsp3) is 0.400. The van der Waals surface area contributed by atoms with Gasteiger partial charge < -0.3 is 30.3 Å². The lowest BCUT2D eigenvalue weighted by Crippen LogP contribution is -2.49. The minimum atomic E-state index is -0.366. The molecule has 1 fully saturated rings. The van der Waals surface area contributed by atoms with Gasteiger partial charge in [0.25, 0.3) is 0 Å². The molecule has 0 spiro atoms. The van der Waals surface area contributed by atoms with Gasteiger partial charge in [-0.05, 0) is 38.1 Å². The molecule has 0 atom stereocenters. The second kappa shape index (κ2) is 9.77. The number of nitrogens with two attached hydrogens (primary N) is 1. The molecule has 1 aromatic heterocycles. The van der Waals surface area contributed by atoms with Gasteiger partial charge in [0.1, 0.15) is 12.0 Å². The summed E-state index contributed by atoms with van der Waals surface area (Å²) in [7, 11) is 0. The van der Waals surface area contributed by atoms with E-state index in [1.165, 1.54) is 6.33 Å². The summed E-state index contributed by atoms with van der Waals surface area (Å²) in [4.78, 5) is 35.9. The first-order valence-corrected chi connectivity index (χ1v) is 9.84. The van der Waals surface area contributed by atoms with Crippen molar-refractivity contribution in [3.63, 3.8) is 0 Å². The van der Waals surface area contributed by atoms with Gasteiger partial charge in [0.2, 0.25) is 0 Å². The number of rotatable bonds is 6. The molecular formula is C20H26N6O4. The summed E-state index contributed by atoms with van der Waals surface area (Å²) in [5.74, 6) is 0.714. The van der Waals surface area contributed by atoms with E-state index in [4.69, 9.17) is 15.2 Å². The zero-order valence-corrected chi connectivity index (χ0v) is 17.1. The largest absolute Gasteiger partial charge is 0.462 e. The van der Waals surface area contributed by atoms with Gasteiger partial charge in [-0.3, -0.25) is 0 Å². The van der Waals surface area contributed by atoms with E-state index in [1.54, 1.807) is 43.0 Å². The predicted molar refractivity (Wildman–Crippen MR) is 113 cm³/mol. The van der Waals surface area contributed by atoms with Crippen LogP contribution in [0.4, 0.5) is 27.8 Å². The van der Waals surface area contributed by atoms with Crippen molar-refractivity contribution < 1.29 is 19.1 Å². The summed E-state index contributed by atoms with van der Waals surface area (Å²) in [5.41, 5.74) is 7.93. The molecule has 1 aliphatic rings. The van der Waals surface area contributed by atoms with Crippen LogP contribution in [0.15, 0.2) is 30.6 Å². The van der Waals surface area contributed by atoms with E-state index in [2.05, 4.69) is 15.3 Å². The third-order valence-electron chi connectivity index (χ3n) is 4.63. The molecule has 1 saturated heterocycles. The summed E-state index contributed by atoms with van der Waals surface area (Å²) in [6.45, 7) is 6.47. The van der Waals surface area contributed by atoms with Crippen molar-refractivity contribution in [3.05, 3.63) is 36.2 Å². The Labute approximate surface area is 175 Å². The molecule has 0 unspecified atom stereocenters. The summed E-state index contributed by atoms with van der Waals surface area (Å²) >= 11 is 0. The lowest BCUT2D eigenvalue weighted by Gasteiger charge is -2.35. The molecule has 2 heterocycles. The third kappa shape index (κ3) is 4.88. The van der Waals surface area contributed by atoms with Gasteiger partial charge in [-0.1, -0.05) is 0 Å². The highest BCUT2D eigenvalue weighted by Gasteiger charge is 2.24. The van der Waals surface area contributed by atoms with Gasteiger partial charge in [-0.2, -0.15) is 0 Å². The number of hydrogen-bond donors (Lipinski definition) is 2. The van der Waals surface area contributed by atoms with E-state index >= 15 is 0 Å². The number of nitrogens with zero attached hydrogens (tertiary/aromatic N) is 4. The maximum atomic E-state index is 11.9. The number of aromatic nitrogens is 2. The van der Waals surface area contributed by atoms with Crippen LogP contribution in [0.25, 0.3) is 0 Å². The van der Waals surface area contributed by atoms with Gasteiger partial charge in [0.05, 0.1) is 18.8 Å². The second-order valence-corrected chi connectivity index (χ2v) is 6.56. The lowest BCUT2D eigenvalue weighted by atomic mass is 10.2. The molecule has 1 aliphatic heterocycles. The van der Waals surface area contributed by atoms with Crippen LogP contribution in [0.2, 0.25) is 0 Å². The monoisotopic (exact) mass is 414 g/mol. The molecule has 3 rings (SSSR count). The summed E-state index contributed by atoms with van der Waals surface area (Å²) in [6, 6.07) is 6.86. The standard InChI is InChI=1S/C20H26N6O4/c1-3-29-19(27)14-5-7-15(8-6-14)24-17-16(21)18(23-13-22-17)25-9-11-26(12-10-25)20(28)30-4-2/h5-8,13H,3-4,9-12,21H2,1-2H3,(H,22,23,24). The Morgan fingerprint density at radius 3 is 2.33 bits per heavy atom. The minimum absolute atomic E-state index is 0.304. The number of nitrogens with one attached hydrogen (secondary N) is 1. The van der Waals surface area contributed by atoms with Gasteiger partial charge in [0.15, 0.2) is 11.6 Å². The molecule has 0 radical (unpaired) electrons. The topological polar surface area (TPSA) is 123 Å². The normalized spacial score (nSPS) is 13.7. The van der Waals surface area contributed by atoms with Crippen LogP contribution in [0, 0.1) is 0 Å². The Hall–Kier alpha value is -3.56. The first-order valence-electron chi connectivity index (χ1n) is 9.84. The quantitative estimate of drug-likeness (QED) is 0.685. The number of hydrogen-bond acceptors (Lipinski definition) is 9. The van der Waals surface area contributed by atoms with E-state index in [9.17, 15) is 9.59 Å². The molecule has 30 heavy (non-hydrogen) atoms. The van der Waals surface area contributed by atoms with Crippen molar-refractivity contribution in [2.45, 2.75) is 13.8 Å². The maximum absolute atomic E-state index is 11.9. The van der Waals surface area contributed by atoms with Crippen molar-refractivity contribution in [2.24, 2.45) is 0 Å². The summed E-state index contributed by atoms with van der Waals surface area (Å²) in [5, 5.41) is 3.15. The third-order valence-corrected chi connectivity index (χ3v) is 4.63. The highest BCUT2D eigenvalue weighted by Crippen LogP contribution is 2.29. The molecule has 2 aromatic rings. The maximum Gasteiger partial charge on any atom is 0.409 e. The van der Waals surface area contributed by atoms with Crippen LogP contribution in [0.1, 0.15) is 24.2 Å². The number of esters is 1. The van der Waals surface area contributed by atoms with Crippen LogP contribution in [-0.4, -0.2) is 66.3 Å². The minimum Gasteiger partial charge on any atom is -0.462 e. The number of nitrogen functional groups attached to an aromatic ring is 1. The molecule has 1 amide bonds. The van der Waals surface area contributed by atoms with Crippen LogP contribution in [-0.2, 0) is 9.47 Å². The Morgan fingerprint density at radius 1 is 1.03 bits per heavy atom. The Kier molecular flexibility index (Phi) is 6.89. The SMILES string of the molecule is CCOC(=O)c1ccc(Nc2ncnc(N3CCN(C(=O)OCC)CC3)c2N)cc1. The van der Waals surface area contributed by atoms with Crippen molar-refractivity contribution >= 4 is 35.1 Å². The zero-order valence-electron chi connectivity index (χ0n) is 17.1. The fourth-order valence-electron chi connectivity index (χ4n) is 3.09. The zero-order chi connectivity index (χ0) is 21.5. The number of amides is 1. The molecule has 3 N–H and O–H groups in total. The number of anilines is 4. The summed E-state index contributed by atoms with van der Waals surface area (Å²) in [6.07, 6.45) is 1.14. The summed E-state index contributed by atoms with van der Waals surface area (Å²) < 4.78 is 10.0. The molecule has 10 nitrogen and oxygen atoms in total. The molecule has 10 heteroatoms. The molecular weight excluding hydrogens is 388 g/mol. The van der Waals surface area contributed by atoms with E-state index in [-0.39, 0.29) is 12.1 Å². The highest BCUT2D eigenvalue weighted by molar-refractivity contribution is 5.90. The number of ether oxygens (including phenoxy) is 2. The average Bonchev–Trinajstić information content (AvgIpc) is 2.76. The van der Waals surface area contributed by atoms with Gasteiger partial charge in [-0.15, -0.1) is 0 Å². The van der Waals surface area contributed by atoms with E-state index in [0.29, 0.717) is 62.3 Å². The Bertz CT molecular complexity index is 881. The first kappa shape index (κ1) is 21.2. The lowest BCUT2D eigenvalue weighted by molar-refractivity contribution is 0.0526. The van der Waals surface area contributed by atoms with Gasteiger partial charge >= 0.3 is 12.1 Å². The predicted octanol–water partition coefficient (Wildman–Crippen LogP) is 2.26. The van der Waals surface area contributed by atoms with Gasteiger partial charge in [-0.25, -0.2) is 19.6 Å². The number of carbonyl (C=O) groups is 2. The fourth-order valence-corrected chi connectivity index (χ4v) is 3.09. The van der Waals surface area contributed by atoms with E-state index < -0.39 is 0 Å². The van der Waals surface area contributed by atoms with Gasteiger partial charge in [0, 0.05) is 31.9 Å². The molecule has 160 valence electrons. The van der Waals surface area contributed by atoms with Crippen LogP contribution < -0.4 is 16.0 Å². The molecule has 0 aliphatic carbocycles. The van der Waals surface area contributed by atoms with Crippen LogP contribution in [0.5, 0.6) is 0 Å². The molecule has 0 bridgehead atoms. The van der Waals surface area contributed by atoms with Crippen molar-refractivity contribution in [1.82, 2.24) is 14.9 Å². The van der Waals surface area contributed by atoms with Crippen molar-refractivity contribution in [1.29, 1.82) is 0 Å². The first-order chi connectivity index (χ1) is 14.5. The average molecular weight is 414 g/mol. The molecule has 0 saturated carbocycles. The van der Waals surface area contributed by atoms with Crippen LogP contribution in [0.3, 0.4) is 0 Å². The highest BCUT2D eigenvalue weighted by atomic mass is 16.6. The van der Waals surface area contributed by atoms with E-state index in [1.807, 2.05) is 4.90 Å². The number of benzene rings is 1. The van der Waals surface area contributed by atoms with Crippen LogP contribution >= 0.6 is 0 Å². The van der Waals surface area contributed by atoms with E-state index in [0.717, 1.165) is 5.69 Å². The smallest absolute Gasteiger partial charge is 0.409 e. The Morgan fingerprint density at radius 2 is 1.70 bits per heavy atom. The number of piperazine rings is 1. The Balaban J connectivity index is 1.67. The van der Waals surface area contributed by atoms with Crippen molar-refractivity contribution in [3.8, 4) is 0 Å². The van der Waals surface area contributed by atoms with Crippen molar-refractivity contribution in [2.75, 3.05) is 55.3 Å². The second-order valence-electron chi connectivity index (χ2n) is 6.56. The number of carbonyl (C=O) groups excluding carboxylic acids is 2. The molecule has 1 aromatic carbocycles.